The zero-order valence-electron chi connectivity index (χ0n) is 12.5. The molecule has 0 fully saturated rings. The van der Waals surface area contributed by atoms with Gasteiger partial charge in [-0.25, -0.2) is 0 Å². The van der Waals surface area contributed by atoms with Gasteiger partial charge in [0, 0.05) is 11.1 Å². The van der Waals surface area contributed by atoms with E-state index in [4.69, 9.17) is 13.9 Å². The molecule has 120 valence electrons. The van der Waals surface area contributed by atoms with E-state index >= 15 is 0 Å². The summed E-state index contributed by atoms with van der Waals surface area (Å²) in [5.74, 6) is 1.99. The minimum absolute atomic E-state index is 0.0171. The lowest BCUT2D eigenvalue weighted by molar-refractivity contribution is 0.102. The maximum atomic E-state index is 12.1. The summed E-state index contributed by atoms with van der Waals surface area (Å²) in [7, 11) is 0. The molecule has 0 bridgehead atoms. The molecule has 1 aliphatic rings. The van der Waals surface area contributed by atoms with Crippen molar-refractivity contribution < 1.29 is 18.7 Å². The third-order valence-electron chi connectivity index (χ3n) is 3.45. The van der Waals surface area contributed by atoms with E-state index in [1.807, 2.05) is 24.3 Å². The van der Waals surface area contributed by atoms with Gasteiger partial charge in [0.1, 0.15) is 0 Å². The summed E-state index contributed by atoms with van der Waals surface area (Å²) in [6.45, 7) is 0.214. The number of rotatable bonds is 5. The van der Waals surface area contributed by atoms with Crippen LogP contribution in [-0.2, 0) is 0 Å². The molecule has 4 rings (SSSR count). The zero-order valence-corrected chi connectivity index (χ0v) is 13.3. The normalized spacial score (nSPS) is 12.3. The Bertz CT molecular complexity index is 879. The SMILES string of the molecule is O=C(CSc1nnc(-c2ccc3c(c2)OCO3)o1)c1ccccc1. The highest BCUT2D eigenvalue weighted by Crippen LogP contribution is 2.36. The molecule has 0 unspecified atom stereocenters. The predicted octanol–water partition coefficient (Wildman–Crippen LogP) is 3.44. The van der Waals surface area contributed by atoms with Gasteiger partial charge in [-0.05, 0) is 18.2 Å². The van der Waals surface area contributed by atoms with Crippen molar-refractivity contribution in [3.63, 3.8) is 0 Å². The number of hydrogen-bond donors (Lipinski definition) is 0. The maximum absolute atomic E-state index is 12.1. The smallest absolute Gasteiger partial charge is 0.277 e. The molecule has 0 amide bonds. The van der Waals surface area contributed by atoms with E-state index in [1.165, 1.54) is 11.8 Å². The molecule has 7 heteroatoms. The first kappa shape index (κ1) is 14.8. The molecule has 3 aromatic rings. The van der Waals surface area contributed by atoms with Crippen LogP contribution in [0.1, 0.15) is 10.4 Å². The first-order chi connectivity index (χ1) is 11.8. The van der Waals surface area contributed by atoms with Crippen molar-refractivity contribution in [1.29, 1.82) is 0 Å². The van der Waals surface area contributed by atoms with E-state index < -0.39 is 0 Å². The molecular weight excluding hydrogens is 328 g/mol. The molecule has 1 aliphatic heterocycles. The Morgan fingerprint density at radius 2 is 1.88 bits per heavy atom. The first-order valence-electron chi connectivity index (χ1n) is 7.24. The molecule has 0 N–H and O–H groups in total. The number of nitrogens with zero attached hydrogens (tertiary/aromatic N) is 2. The number of ether oxygens (including phenoxy) is 2. The average Bonchev–Trinajstić information content (AvgIpc) is 3.29. The van der Waals surface area contributed by atoms with Crippen LogP contribution in [0.4, 0.5) is 0 Å². The van der Waals surface area contributed by atoms with Crippen molar-refractivity contribution in [3.8, 4) is 23.0 Å². The molecule has 2 heterocycles. The minimum atomic E-state index is 0.0171. The monoisotopic (exact) mass is 340 g/mol. The highest BCUT2D eigenvalue weighted by molar-refractivity contribution is 7.99. The summed E-state index contributed by atoms with van der Waals surface area (Å²) >= 11 is 1.22. The van der Waals surface area contributed by atoms with Crippen molar-refractivity contribution in [2.45, 2.75) is 5.22 Å². The van der Waals surface area contributed by atoms with Gasteiger partial charge >= 0.3 is 0 Å². The van der Waals surface area contributed by atoms with Crippen LogP contribution in [0.25, 0.3) is 11.5 Å². The molecule has 0 aliphatic carbocycles. The third-order valence-corrected chi connectivity index (χ3v) is 4.27. The lowest BCUT2D eigenvalue weighted by Crippen LogP contribution is -2.01. The van der Waals surface area contributed by atoms with Gasteiger partial charge in [-0.3, -0.25) is 4.79 Å². The third kappa shape index (κ3) is 2.98. The zero-order chi connectivity index (χ0) is 16.4. The number of benzene rings is 2. The fourth-order valence-electron chi connectivity index (χ4n) is 2.25. The molecular formula is C17H12N2O4S. The Morgan fingerprint density at radius 1 is 1.04 bits per heavy atom. The topological polar surface area (TPSA) is 74.5 Å². The van der Waals surface area contributed by atoms with E-state index in [2.05, 4.69) is 10.2 Å². The number of hydrogen-bond acceptors (Lipinski definition) is 7. The number of carbonyl (C=O) groups is 1. The molecule has 0 atom stereocenters. The minimum Gasteiger partial charge on any atom is -0.454 e. The largest absolute Gasteiger partial charge is 0.454 e. The van der Waals surface area contributed by atoms with Crippen LogP contribution in [0.3, 0.4) is 0 Å². The summed E-state index contributed by atoms with van der Waals surface area (Å²) < 4.78 is 16.2. The van der Waals surface area contributed by atoms with Gasteiger partial charge < -0.3 is 13.9 Å². The molecule has 6 nitrogen and oxygen atoms in total. The Labute approximate surface area is 141 Å². The molecule has 0 saturated heterocycles. The molecule has 0 saturated carbocycles. The van der Waals surface area contributed by atoms with Crippen LogP contribution in [0, 0.1) is 0 Å². The molecule has 0 radical (unpaired) electrons. The molecule has 0 spiro atoms. The van der Waals surface area contributed by atoms with Gasteiger partial charge in [-0.1, -0.05) is 42.1 Å². The van der Waals surface area contributed by atoms with Gasteiger partial charge in [-0.15, -0.1) is 10.2 Å². The van der Waals surface area contributed by atoms with Crippen molar-refractivity contribution in [3.05, 3.63) is 54.1 Å². The van der Waals surface area contributed by atoms with Gasteiger partial charge in [0.05, 0.1) is 5.75 Å². The number of Topliss-reactive ketones (excluding diaryl/α,β-unsaturated/α-hetero) is 1. The number of aromatic nitrogens is 2. The van der Waals surface area contributed by atoms with Crippen molar-refractivity contribution in [1.82, 2.24) is 10.2 Å². The lowest BCUT2D eigenvalue weighted by Gasteiger charge is -1.99. The van der Waals surface area contributed by atoms with Crippen LogP contribution < -0.4 is 9.47 Å². The average molecular weight is 340 g/mol. The maximum Gasteiger partial charge on any atom is 0.277 e. The van der Waals surface area contributed by atoms with E-state index in [1.54, 1.807) is 24.3 Å². The van der Waals surface area contributed by atoms with E-state index in [0.29, 0.717) is 28.2 Å². The number of ketones is 1. The van der Waals surface area contributed by atoms with Gasteiger partial charge in [0.15, 0.2) is 17.3 Å². The lowest BCUT2D eigenvalue weighted by atomic mass is 10.2. The van der Waals surface area contributed by atoms with E-state index in [-0.39, 0.29) is 18.3 Å². The van der Waals surface area contributed by atoms with Crippen molar-refractivity contribution in [2.24, 2.45) is 0 Å². The highest BCUT2D eigenvalue weighted by atomic mass is 32.2. The second kappa shape index (κ2) is 6.37. The van der Waals surface area contributed by atoms with Crippen LogP contribution in [0.5, 0.6) is 11.5 Å². The first-order valence-corrected chi connectivity index (χ1v) is 8.23. The highest BCUT2D eigenvalue weighted by Gasteiger charge is 2.17. The second-order valence-corrected chi connectivity index (χ2v) is 5.95. The van der Waals surface area contributed by atoms with Crippen LogP contribution in [0.2, 0.25) is 0 Å². The van der Waals surface area contributed by atoms with Crippen LogP contribution >= 0.6 is 11.8 Å². The summed E-state index contributed by atoms with van der Waals surface area (Å²) in [6, 6.07) is 14.5. The standard InChI is InChI=1S/C17H12N2O4S/c20-13(11-4-2-1-3-5-11)9-24-17-19-18-16(23-17)12-6-7-14-15(8-12)22-10-21-14/h1-8H,9-10H2. The number of fused-ring (bicyclic) bond motifs is 1. The Morgan fingerprint density at radius 3 is 2.75 bits per heavy atom. The Hall–Kier alpha value is -2.80. The molecule has 1 aromatic heterocycles. The Kier molecular flexibility index (Phi) is 3.92. The van der Waals surface area contributed by atoms with Gasteiger partial charge in [0.2, 0.25) is 12.7 Å². The fourth-order valence-corrected chi connectivity index (χ4v) is 2.91. The van der Waals surface area contributed by atoms with Crippen LogP contribution in [0.15, 0.2) is 58.2 Å². The summed E-state index contributed by atoms with van der Waals surface area (Å²) in [4.78, 5) is 12.1. The summed E-state index contributed by atoms with van der Waals surface area (Å²) in [5, 5.41) is 8.34. The van der Waals surface area contributed by atoms with Crippen molar-refractivity contribution >= 4 is 17.5 Å². The summed E-state index contributed by atoms with van der Waals surface area (Å²) in [5.41, 5.74) is 1.41. The van der Waals surface area contributed by atoms with Gasteiger partial charge in [0.25, 0.3) is 5.22 Å². The molecule has 24 heavy (non-hydrogen) atoms. The quantitative estimate of drug-likeness (QED) is 0.520. The van der Waals surface area contributed by atoms with E-state index in [0.717, 1.165) is 5.56 Å². The molecule has 2 aromatic carbocycles. The van der Waals surface area contributed by atoms with Gasteiger partial charge in [-0.2, -0.15) is 0 Å². The van der Waals surface area contributed by atoms with E-state index in [9.17, 15) is 4.79 Å². The fraction of sp³-hybridized carbons (Fsp3) is 0.118. The number of carbonyl (C=O) groups excluding carboxylic acids is 1. The number of thioether (sulfide) groups is 1. The summed E-state index contributed by atoms with van der Waals surface area (Å²) in [6.07, 6.45) is 0. The van der Waals surface area contributed by atoms with Crippen LogP contribution in [-0.4, -0.2) is 28.5 Å². The van der Waals surface area contributed by atoms with Crippen molar-refractivity contribution in [2.75, 3.05) is 12.5 Å². The predicted molar refractivity (Wildman–Crippen MR) is 87.4 cm³/mol. The second-order valence-electron chi connectivity index (χ2n) is 5.02. The Balaban J connectivity index is 1.44.